The first-order chi connectivity index (χ1) is 11.1. The summed E-state index contributed by atoms with van der Waals surface area (Å²) in [5, 5.41) is 11.3. The van der Waals surface area contributed by atoms with Crippen LogP contribution in [0.3, 0.4) is 0 Å². The van der Waals surface area contributed by atoms with Crippen LogP contribution in [0.4, 0.5) is 4.39 Å². The third kappa shape index (κ3) is 3.55. The first-order valence-electron chi connectivity index (χ1n) is 7.93. The number of aromatic nitrogens is 4. The van der Waals surface area contributed by atoms with E-state index in [2.05, 4.69) is 15.5 Å². The van der Waals surface area contributed by atoms with Crippen LogP contribution >= 0.6 is 0 Å². The van der Waals surface area contributed by atoms with Crippen LogP contribution in [-0.4, -0.2) is 37.6 Å². The number of aryl methyl sites for hydroxylation is 2. The Morgan fingerprint density at radius 1 is 1.30 bits per heavy atom. The van der Waals surface area contributed by atoms with E-state index >= 15 is 0 Å². The lowest BCUT2D eigenvalue weighted by Gasteiger charge is -2.36. The second kappa shape index (κ2) is 6.85. The average molecular weight is 317 g/mol. The molecule has 122 valence electrons. The van der Waals surface area contributed by atoms with Crippen LogP contribution in [0, 0.1) is 12.7 Å². The zero-order chi connectivity index (χ0) is 16.2. The molecule has 1 amide bonds. The minimum atomic E-state index is -0.253. The Labute approximate surface area is 134 Å². The minimum absolute atomic E-state index is 0.0341. The number of amides is 1. The fourth-order valence-electron chi connectivity index (χ4n) is 3.06. The highest BCUT2D eigenvalue weighted by Gasteiger charge is 2.27. The average Bonchev–Trinajstić information content (AvgIpc) is 2.98. The summed E-state index contributed by atoms with van der Waals surface area (Å²) < 4.78 is 14.8. The number of benzene rings is 1. The molecule has 0 N–H and O–H groups in total. The molecule has 0 radical (unpaired) electrons. The fourth-order valence-corrected chi connectivity index (χ4v) is 3.06. The second-order valence-corrected chi connectivity index (χ2v) is 5.85. The topological polar surface area (TPSA) is 63.9 Å². The van der Waals surface area contributed by atoms with Gasteiger partial charge in [-0.15, -0.1) is 5.10 Å². The Balaban J connectivity index is 1.69. The number of tetrazole rings is 1. The van der Waals surface area contributed by atoms with Crippen LogP contribution in [0.2, 0.25) is 0 Å². The van der Waals surface area contributed by atoms with Crippen molar-refractivity contribution >= 4 is 5.91 Å². The summed E-state index contributed by atoms with van der Waals surface area (Å²) in [6, 6.07) is 6.49. The summed E-state index contributed by atoms with van der Waals surface area (Å²) in [4.78, 5) is 14.5. The summed E-state index contributed by atoms with van der Waals surface area (Å²) in [7, 11) is 0. The van der Waals surface area contributed by atoms with Gasteiger partial charge >= 0.3 is 0 Å². The lowest BCUT2D eigenvalue weighted by atomic mass is 9.95. The molecule has 2 heterocycles. The van der Waals surface area contributed by atoms with E-state index in [1.54, 1.807) is 16.8 Å². The number of hydrogen-bond donors (Lipinski definition) is 0. The molecule has 1 saturated heterocycles. The summed E-state index contributed by atoms with van der Waals surface area (Å²) >= 11 is 0. The van der Waals surface area contributed by atoms with Crippen LogP contribution in [0.1, 0.15) is 43.1 Å². The van der Waals surface area contributed by atoms with Gasteiger partial charge in [0.1, 0.15) is 11.6 Å². The minimum Gasteiger partial charge on any atom is -0.336 e. The standard InChI is InChI=1S/C16H20FN5O/c1-12-18-19-20-22(12)11-9-16(23)21-10-3-2-4-15(21)13-5-7-14(17)8-6-13/h5-8,15H,2-4,9-11H2,1H3. The molecule has 1 aromatic carbocycles. The maximum absolute atomic E-state index is 13.1. The molecule has 3 rings (SSSR count). The van der Waals surface area contributed by atoms with Gasteiger partial charge in [-0.2, -0.15) is 0 Å². The molecule has 1 unspecified atom stereocenters. The number of rotatable bonds is 4. The first kappa shape index (κ1) is 15.6. The van der Waals surface area contributed by atoms with Gasteiger partial charge in [-0.25, -0.2) is 9.07 Å². The lowest BCUT2D eigenvalue weighted by molar-refractivity contribution is -0.135. The number of carbonyl (C=O) groups excluding carboxylic acids is 1. The van der Waals surface area contributed by atoms with Gasteiger partial charge in [0.2, 0.25) is 5.91 Å². The third-order valence-electron chi connectivity index (χ3n) is 4.33. The van der Waals surface area contributed by atoms with Gasteiger partial charge in [0.05, 0.1) is 12.6 Å². The molecule has 0 spiro atoms. The van der Waals surface area contributed by atoms with Gasteiger partial charge in [0.25, 0.3) is 0 Å². The number of nitrogens with zero attached hydrogens (tertiary/aromatic N) is 5. The van der Waals surface area contributed by atoms with Crippen molar-refractivity contribution in [2.45, 2.75) is 45.2 Å². The molecule has 1 fully saturated rings. The normalized spacial score (nSPS) is 18.2. The van der Waals surface area contributed by atoms with Crippen molar-refractivity contribution in [2.75, 3.05) is 6.54 Å². The van der Waals surface area contributed by atoms with Crippen molar-refractivity contribution in [1.29, 1.82) is 0 Å². The van der Waals surface area contributed by atoms with Crippen LogP contribution < -0.4 is 0 Å². The Kier molecular flexibility index (Phi) is 4.64. The van der Waals surface area contributed by atoms with E-state index in [4.69, 9.17) is 0 Å². The van der Waals surface area contributed by atoms with Gasteiger partial charge in [0, 0.05) is 13.0 Å². The molecule has 0 aliphatic carbocycles. The van der Waals surface area contributed by atoms with Crippen LogP contribution in [0.15, 0.2) is 24.3 Å². The van der Waals surface area contributed by atoms with Crippen LogP contribution in [0.5, 0.6) is 0 Å². The Hall–Kier alpha value is -2.31. The van der Waals surface area contributed by atoms with E-state index in [0.717, 1.165) is 31.4 Å². The molecular formula is C16H20FN5O. The smallest absolute Gasteiger partial charge is 0.224 e. The molecule has 6 nitrogen and oxygen atoms in total. The summed E-state index contributed by atoms with van der Waals surface area (Å²) in [6.07, 6.45) is 3.37. The predicted octanol–water partition coefficient (Wildman–Crippen LogP) is 2.26. The summed E-state index contributed by atoms with van der Waals surface area (Å²) in [5.41, 5.74) is 0.998. The molecule has 23 heavy (non-hydrogen) atoms. The van der Waals surface area contributed by atoms with Crippen molar-refractivity contribution in [2.24, 2.45) is 0 Å². The molecular weight excluding hydrogens is 297 g/mol. The van der Waals surface area contributed by atoms with E-state index in [1.165, 1.54) is 12.1 Å². The monoisotopic (exact) mass is 317 g/mol. The highest BCUT2D eigenvalue weighted by atomic mass is 19.1. The molecule has 1 aliphatic heterocycles. The highest BCUT2D eigenvalue weighted by molar-refractivity contribution is 5.76. The molecule has 7 heteroatoms. The van der Waals surface area contributed by atoms with Gasteiger partial charge in [-0.1, -0.05) is 12.1 Å². The number of likely N-dealkylation sites (tertiary alicyclic amines) is 1. The number of hydrogen-bond acceptors (Lipinski definition) is 4. The zero-order valence-electron chi connectivity index (χ0n) is 13.2. The largest absolute Gasteiger partial charge is 0.336 e. The third-order valence-corrected chi connectivity index (χ3v) is 4.33. The van der Waals surface area contributed by atoms with Crippen molar-refractivity contribution in [1.82, 2.24) is 25.1 Å². The fraction of sp³-hybridized carbons (Fsp3) is 0.500. The van der Waals surface area contributed by atoms with Crippen molar-refractivity contribution in [3.8, 4) is 0 Å². The van der Waals surface area contributed by atoms with E-state index in [-0.39, 0.29) is 17.8 Å². The van der Waals surface area contributed by atoms with Crippen LogP contribution in [-0.2, 0) is 11.3 Å². The van der Waals surface area contributed by atoms with Crippen molar-refractivity contribution in [3.05, 3.63) is 41.5 Å². The second-order valence-electron chi connectivity index (χ2n) is 5.85. The number of carbonyl (C=O) groups is 1. The van der Waals surface area contributed by atoms with Crippen LogP contribution in [0.25, 0.3) is 0 Å². The Morgan fingerprint density at radius 2 is 2.09 bits per heavy atom. The number of halogens is 1. The van der Waals surface area contributed by atoms with Crippen molar-refractivity contribution in [3.63, 3.8) is 0 Å². The quantitative estimate of drug-likeness (QED) is 0.868. The SMILES string of the molecule is Cc1nnnn1CCC(=O)N1CCCCC1c1ccc(F)cc1. The maximum atomic E-state index is 13.1. The zero-order valence-corrected chi connectivity index (χ0v) is 13.2. The summed E-state index contributed by atoms with van der Waals surface area (Å²) in [5.74, 6) is 0.539. The molecule has 2 aromatic rings. The number of piperidine rings is 1. The molecule has 1 atom stereocenters. The predicted molar refractivity (Wildman–Crippen MR) is 81.9 cm³/mol. The maximum Gasteiger partial charge on any atom is 0.224 e. The van der Waals surface area contributed by atoms with Gasteiger partial charge in [-0.05, 0) is 54.3 Å². The lowest BCUT2D eigenvalue weighted by Crippen LogP contribution is -2.38. The molecule has 1 aliphatic rings. The molecule has 1 aromatic heterocycles. The van der Waals surface area contributed by atoms with Gasteiger partial charge in [-0.3, -0.25) is 4.79 Å². The first-order valence-corrected chi connectivity index (χ1v) is 7.93. The van der Waals surface area contributed by atoms with E-state index in [9.17, 15) is 9.18 Å². The van der Waals surface area contributed by atoms with E-state index in [0.29, 0.717) is 18.8 Å². The highest BCUT2D eigenvalue weighted by Crippen LogP contribution is 2.31. The molecule has 0 saturated carbocycles. The summed E-state index contributed by atoms with van der Waals surface area (Å²) in [6.45, 7) is 3.03. The van der Waals surface area contributed by atoms with Gasteiger partial charge < -0.3 is 4.90 Å². The van der Waals surface area contributed by atoms with Gasteiger partial charge in [0.15, 0.2) is 0 Å². The van der Waals surface area contributed by atoms with E-state index < -0.39 is 0 Å². The Bertz CT molecular complexity index is 669. The van der Waals surface area contributed by atoms with Crippen molar-refractivity contribution < 1.29 is 9.18 Å². The van der Waals surface area contributed by atoms with E-state index in [1.807, 2.05) is 11.8 Å². The Morgan fingerprint density at radius 3 is 2.78 bits per heavy atom. The molecule has 0 bridgehead atoms.